The number of nitrogens with one attached hydrogen (secondary N) is 1. The van der Waals surface area contributed by atoms with Crippen LogP contribution in [0.1, 0.15) is 15.9 Å². The van der Waals surface area contributed by atoms with E-state index in [2.05, 4.69) is 0 Å². The molecule has 2 rings (SSSR count). The molecule has 0 saturated carbocycles. The van der Waals surface area contributed by atoms with Crippen LogP contribution in [0.5, 0.6) is 0 Å². The van der Waals surface area contributed by atoms with E-state index in [0.29, 0.717) is 16.4 Å². The lowest BCUT2D eigenvalue weighted by Gasteiger charge is -2.13. The van der Waals surface area contributed by atoms with Crippen molar-refractivity contribution in [3.05, 3.63) is 35.4 Å². The molecule has 1 heterocycles. The second-order valence-electron chi connectivity index (χ2n) is 2.64. The van der Waals surface area contributed by atoms with E-state index in [1.165, 1.54) is 0 Å². The van der Waals surface area contributed by atoms with Crippen molar-refractivity contribution in [3.8, 4) is 0 Å². The number of rotatable bonds is 0. The molecular weight excluding hydrogens is 154 g/mol. The molecule has 3 heteroatoms. The Morgan fingerprint density at radius 3 is 2.92 bits per heavy atom. The normalized spacial score (nSPS) is 17.3. The molecule has 1 aliphatic rings. The van der Waals surface area contributed by atoms with Crippen LogP contribution in [0.3, 0.4) is 0 Å². The summed E-state index contributed by atoms with van der Waals surface area (Å²) in [6.07, 6.45) is 0.144. The number of hydrogen-bond donors (Lipinski definition) is 1. The number of carbonyl (C=O) groups excluding carboxylic acids is 2. The van der Waals surface area contributed by atoms with Crippen LogP contribution in [-0.4, -0.2) is 11.8 Å². The first-order valence-electron chi connectivity index (χ1n) is 4.09. The Morgan fingerprint density at radius 2 is 2.08 bits per heavy atom. The maximum Gasteiger partial charge on any atom is 0.258 e. The zero-order chi connectivity index (χ0) is 9.42. The summed E-state index contributed by atoms with van der Waals surface area (Å²) < 4.78 is 7.15. The van der Waals surface area contributed by atoms with Gasteiger partial charge in [-0.15, -0.1) is 0 Å². The van der Waals surface area contributed by atoms with E-state index >= 15 is 0 Å². The van der Waals surface area contributed by atoms with Crippen molar-refractivity contribution in [3.63, 3.8) is 0 Å². The first-order chi connectivity index (χ1) is 6.20. The number of benzene rings is 1. The summed E-state index contributed by atoms with van der Waals surface area (Å²) in [4.78, 5) is 22.4. The highest BCUT2D eigenvalue weighted by molar-refractivity contribution is 6.09. The lowest BCUT2D eigenvalue weighted by molar-refractivity contribution is -0.119. The van der Waals surface area contributed by atoms with Gasteiger partial charge in [0.25, 0.3) is 5.91 Å². The predicted molar refractivity (Wildman–Crippen MR) is 42.6 cm³/mol. The van der Waals surface area contributed by atoms with Crippen molar-refractivity contribution in [1.29, 1.82) is 0 Å². The fraction of sp³-hybridized carbons (Fsp3) is 0.111. The maximum atomic E-state index is 11.3. The van der Waals surface area contributed by atoms with Crippen LogP contribution in [-0.2, 0) is 11.2 Å². The molecule has 0 atom stereocenters. The van der Waals surface area contributed by atoms with E-state index in [1.807, 2.05) is 0 Å². The van der Waals surface area contributed by atoms with E-state index < -0.39 is 11.8 Å². The number of imide groups is 1. The van der Waals surface area contributed by atoms with Crippen LogP contribution >= 0.6 is 0 Å². The first kappa shape index (κ1) is 5.94. The summed E-state index contributed by atoms with van der Waals surface area (Å²) in [5.41, 5.74) is 1.16. The van der Waals surface area contributed by atoms with Crippen molar-refractivity contribution in [1.82, 2.24) is 5.31 Å². The van der Waals surface area contributed by atoms with E-state index in [9.17, 15) is 9.59 Å². The molecule has 0 radical (unpaired) electrons. The van der Waals surface area contributed by atoms with Gasteiger partial charge in [0.05, 0.1) is 6.42 Å². The second kappa shape index (κ2) is 2.44. The summed E-state index contributed by atoms with van der Waals surface area (Å²) in [7, 11) is 0. The van der Waals surface area contributed by atoms with Crippen LogP contribution in [0.25, 0.3) is 0 Å². The highest BCUT2D eigenvalue weighted by Gasteiger charge is 2.20. The third kappa shape index (κ3) is 0.993. The van der Waals surface area contributed by atoms with Gasteiger partial charge in [0.2, 0.25) is 5.91 Å². The Bertz CT molecular complexity index is 389. The average Bonchev–Trinajstić information content (AvgIpc) is 2.15. The van der Waals surface area contributed by atoms with Crippen LogP contribution in [0.4, 0.5) is 0 Å². The molecule has 0 unspecified atom stereocenters. The molecule has 0 aromatic heterocycles. The quantitative estimate of drug-likeness (QED) is 0.564. The molecule has 12 heavy (non-hydrogen) atoms. The zero-order valence-electron chi connectivity index (χ0n) is 7.28. The number of hydrogen-bond acceptors (Lipinski definition) is 2. The summed E-state index contributed by atoms with van der Waals surface area (Å²) in [6.45, 7) is 0. The molecule has 2 amide bonds. The third-order valence-corrected chi connectivity index (χ3v) is 1.82. The lowest BCUT2D eigenvalue weighted by atomic mass is 10.0. The fourth-order valence-corrected chi connectivity index (χ4v) is 1.26. The molecule has 0 fully saturated rings. The third-order valence-electron chi connectivity index (χ3n) is 1.82. The smallest absolute Gasteiger partial charge is 0.258 e. The van der Waals surface area contributed by atoms with Gasteiger partial charge in [-0.05, 0) is 11.6 Å². The summed E-state index contributed by atoms with van der Waals surface area (Å²) in [5, 5.41) is 0.419. The van der Waals surface area contributed by atoms with Gasteiger partial charge in [-0.25, -0.2) is 0 Å². The second-order valence-corrected chi connectivity index (χ2v) is 2.64. The molecule has 0 aliphatic carbocycles. The van der Waals surface area contributed by atoms with Gasteiger partial charge in [-0.2, -0.15) is 0 Å². The molecule has 1 aliphatic heterocycles. The van der Waals surface area contributed by atoms with Crippen molar-refractivity contribution in [2.45, 2.75) is 6.42 Å². The largest absolute Gasteiger partial charge is 0.292 e. The predicted octanol–water partition coefficient (Wildman–Crippen LogP) is 0.499. The van der Waals surface area contributed by atoms with E-state index in [4.69, 9.17) is 1.41 Å². The molecular formula is C9H7NO2. The van der Waals surface area contributed by atoms with Gasteiger partial charge in [0, 0.05) is 5.56 Å². The minimum absolute atomic E-state index is 0.144. The number of carbonyl (C=O) groups is 2. The Labute approximate surface area is 70.9 Å². The van der Waals surface area contributed by atoms with Gasteiger partial charge in [-0.3, -0.25) is 14.9 Å². The Hall–Kier alpha value is -1.64. The summed E-state index contributed by atoms with van der Waals surface area (Å²) >= 11 is 0. The van der Waals surface area contributed by atoms with E-state index in [0.717, 1.165) is 0 Å². The van der Waals surface area contributed by atoms with E-state index in [1.54, 1.807) is 24.3 Å². The number of amides is 2. The molecule has 0 bridgehead atoms. The van der Waals surface area contributed by atoms with Crippen LogP contribution in [0, 0.1) is 0 Å². The molecule has 1 aromatic carbocycles. The van der Waals surface area contributed by atoms with Gasteiger partial charge in [-0.1, -0.05) is 18.2 Å². The number of fused-ring (bicyclic) bond motifs is 1. The highest BCUT2D eigenvalue weighted by Crippen LogP contribution is 2.12. The van der Waals surface area contributed by atoms with Crippen molar-refractivity contribution in [2.75, 3.05) is 0 Å². The van der Waals surface area contributed by atoms with Crippen molar-refractivity contribution in [2.24, 2.45) is 0 Å². The minimum atomic E-state index is -0.535. The molecule has 60 valence electrons. The molecule has 1 N–H and O–H groups in total. The van der Waals surface area contributed by atoms with Crippen LogP contribution in [0.15, 0.2) is 24.3 Å². The van der Waals surface area contributed by atoms with Crippen molar-refractivity contribution >= 4 is 11.8 Å². The van der Waals surface area contributed by atoms with Gasteiger partial charge in [0.1, 0.15) is 0 Å². The van der Waals surface area contributed by atoms with Crippen LogP contribution in [0.2, 0.25) is 1.41 Å². The minimum Gasteiger partial charge on any atom is -0.292 e. The Morgan fingerprint density at radius 1 is 1.33 bits per heavy atom. The molecule has 1 aromatic rings. The highest BCUT2D eigenvalue weighted by atomic mass is 16.2. The first-order valence-corrected chi connectivity index (χ1v) is 3.64. The van der Waals surface area contributed by atoms with Gasteiger partial charge in [0.15, 0.2) is 1.41 Å². The average molecular weight is 162 g/mol. The SMILES string of the molecule is [2H]N1C(=O)Cc2ccccc2C1=O. The molecule has 0 saturated heterocycles. The lowest BCUT2D eigenvalue weighted by Crippen LogP contribution is -2.37. The zero-order valence-corrected chi connectivity index (χ0v) is 6.28. The van der Waals surface area contributed by atoms with Gasteiger partial charge >= 0.3 is 0 Å². The fourth-order valence-electron chi connectivity index (χ4n) is 1.26. The van der Waals surface area contributed by atoms with Crippen molar-refractivity contribution < 1.29 is 11.0 Å². The maximum absolute atomic E-state index is 11.3. The van der Waals surface area contributed by atoms with E-state index in [-0.39, 0.29) is 6.42 Å². The van der Waals surface area contributed by atoms with Gasteiger partial charge < -0.3 is 0 Å². The monoisotopic (exact) mass is 162 g/mol. The Kier molecular flexibility index (Phi) is 1.21. The Balaban J connectivity index is 2.55. The standard InChI is InChI=1S/C9H7NO2/c11-8-5-6-3-1-2-4-7(6)9(12)10-8/h1-4H,5H2,(H,10,11,12)/i/hD. The molecule has 3 nitrogen and oxygen atoms in total. The summed E-state index contributed by atoms with van der Waals surface area (Å²) in [5.74, 6) is -1.00. The molecule has 0 spiro atoms. The topological polar surface area (TPSA) is 46.2 Å². The van der Waals surface area contributed by atoms with Crippen LogP contribution < -0.4 is 5.31 Å². The summed E-state index contributed by atoms with van der Waals surface area (Å²) in [6, 6.07) is 6.86.